The lowest BCUT2D eigenvalue weighted by Crippen LogP contribution is -2.15. The van der Waals surface area contributed by atoms with E-state index in [0.717, 1.165) is 31.2 Å². The van der Waals surface area contributed by atoms with E-state index in [1.54, 1.807) is 24.3 Å². The summed E-state index contributed by atoms with van der Waals surface area (Å²) in [5.41, 5.74) is 3.88. The van der Waals surface area contributed by atoms with E-state index >= 15 is 0 Å². The van der Waals surface area contributed by atoms with Gasteiger partial charge in [-0.25, -0.2) is 0 Å². The van der Waals surface area contributed by atoms with Gasteiger partial charge in [0.05, 0.1) is 9.85 Å². The summed E-state index contributed by atoms with van der Waals surface area (Å²) in [6.07, 6.45) is 0. The van der Waals surface area contributed by atoms with Crippen LogP contribution in [0.5, 0.6) is 0 Å². The summed E-state index contributed by atoms with van der Waals surface area (Å²) >= 11 is 6.98. The van der Waals surface area contributed by atoms with Crippen molar-refractivity contribution < 1.29 is 9.85 Å². The zero-order valence-corrected chi connectivity index (χ0v) is 20.8. The number of hydrogen-bond acceptors (Lipinski definition) is 4. The smallest absolute Gasteiger partial charge is 0.258 e. The summed E-state index contributed by atoms with van der Waals surface area (Å²) in [7, 11) is 0. The Morgan fingerprint density at radius 2 is 0.706 bits per heavy atom. The van der Waals surface area contributed by atoms with E-state index in [0.29, 0.717) is 0 Å². The van der Waals surface area contributed by atoms with Crippen LogP contribution >= 0.6 is 31.9 Å². The van der Waals surface area contributed by atoms with Gasteiger partial charge in [-0.3, -0.25) is 20.2 Å². The maximum atomic E-state index is 11.2. The van der Waals surface area contributed by atoms with Gasteiger partial charge in [0.15, 0.2) is 0 Å². The first-order valence-corrected chi connectivity index (χ1v) is 11.9. The second kappa shape index (κ2) is 10.3. The van der Waals surface area contributed by atoms with Crippen LogP contribution in [0.15, 0.2) is 106 Å². The van der Waals surface area contributed by atoms with Crippen LogP contribution in [-0.4, -0.2) is 9.85 Å². The summed E-state index contributed by atoms with van der Waals surface area (Å²) in [5.74, 6) is -0.395. The number of rotatable bonds is 7. The molecule has 170 valence electrons. The number of hydrogen-bond donors (Lipinski definition) is 0. The fraction of sp³-hybridized carbons (Fsp3) is 0.0769. The van der Waals surface area contributed by atoms with Crippen molar-refractivity contribution in [1.29, 1.82) is 0 Å². The van der Waals surface area contributed by atoms with Crippen molar-refractivity contribution in [2.75, 3.05) is 0 Å². The molecule has 4 aromatic rings. The molecule has 0 aliphatic rings. The molecule has 0 amide bonds. The first-order chi connectivity index (χ1) is 16.3. The van der Waals surface area contributed by atoms with Gasteiger partial charge in [-0.2, -0.15) is 0 Å². The Hall–Kier alpha value is -3.36. The molecule has 0 aromatic heterocycles. The summed E-state index contributed by atoms with van der Waals surface area (Å²) in [6, 6.07) is 29.1. The highest BCUT2D eigenvalue weighted by molar-refractivity contribution is 9.10. The maximum Gasteiger partial charge on any atom is 0.269 e. The monoisotopic (exact) mass is 580 g/mol. The van der Waals surface area contributed by atoms with Gasteiger partial charge in [0, 0.05) is 45.0 Å². The highest BCUT2D eigenvalue weighted by atomic mass is 79.9. The van der Waals surface area contributed by atoms with E-state index in [4.69, 9.17) is 0 Å². The van der Waals surface area contributed by atoms with Crippen LogP contribution in [0.4, 0.5) is 11.4 Å². The number of nitro benzene ring substituents is 2. The first-order valence-electron chi connectivity index (χ1n) is 10.3. The van der Waals surface area contributed by atoms with Crippen LogP contribution in [0.2, 0.25) is 0 Å². The highest BCUT2D eigenvalue weighted by Crippen LogP contribution is 2.44. The lowest BCUT2D eigenvalue weighted by atomic mass is 9.74. The minimum atomic E-state index is -0.416. The molecule has 0 saturated carbocycles. The molecule has 0 saturated heterocycles. The molecule has 0 N–H and O–H groups in total. The Kier molecular flexibility index (Phi) is 7.19. The third-order valence-electron chi connectivity index (χ3n) is 5.72. The number of halogens is 2. The van der Waals surface area contributed by atoms with E-state index in [-0.39, 0.29) is 23.2 Å². The lowest BCUT2D eigenvalue weighted by molar-refractivity contribution is -0.385. The normalized spacial score (nSPS) is 12.6. The Balaban J connectivity index is 1.92. The molecule has 34 heavy (non-hydrogen) atoms. The van der Waals surface area contributed by atoms with Crippen molar-refractivity contribution in [1.82, 2.24) is 0 Å². The molecule has 6 nitrogen and oxygen atoms in total. The van der Waals surface area contributed by atoms with Crippen molar-refractivity contribution >= 4 is 43.2 Å². The number of benzene rings is 4. The summed E-state index contributed by atoms with van der Waals surface area (Å²) in [6.45, 7) is 0. The second-order valence-electron chi connectivity index (χ2n) is 7.76. The zero-order chi connectivity index (χ0) is 24.2. The average Bonchev–Trinajstić information content (AvgIpc) is 2.84. The molecule has 0 spiro atoms. The molecule has 4 aromatic carbocycles. The Labute approximate surface area is 212 Å². The van der Waals surface area contributed by atoms with Crippen LogP contribution < -0.4 is 0 Å². The van der Waals surface area contributed by atoms with Gasteiger partial charge in [0.2, 0.25) is 0 Å². The molecule has 8 heteroatoms. The van der Waals surface area contributed by atoms with Crippen LogP contribution in [0, 0.1) is 20.2 Å². The topological polar surface area (TPSA) is 86.3 Å². The minimum Gasteiger partial charge on any atom is -0.258 e. The predicted molar refractivity (Wildman–Crippen MR) is 138 cm³/mol. The third kappa shape index (κ3) is 5.24. The fourth-order valence-electron chi connectivity index (χ4n) is 4.10. The Morgan fingerprint density at radius 1 is 0.471 bits per heavy atom. The number of nitrogens with zero attached hydrogens (tertiary/aromatic N) is 2. The molecule has 0 heterocycles. The Bertz CT molecular complexity index is 1200. The van der Waals surface area contributed by atoms with Crippen molar-refractivity contribution in [2.24, 2.45) is 0 Å². The number of non-ortho nitro benzene ring substituents is 2. The molecule has 4 rings (SSSR count). The Morgan fingerprint density at radius 3 is 0.941 bits per heavy atom. The van der Waals surface area contributed by atoms with E-state index in [1.807, 2.05) is 48.5 Å². The molecule has 2 unspecified atom stereocenters. The standard InChI is InChI=1S/C26H18Br2N2O4/c27-21-9-1-17(2-10-21)25(19-5-13-23(14-6-19)29(31)32)26(18-3-11-22(28)12-4-18)20-7-15-24(16-8-20)30(33)34/h1-16,25-26H. The average molecular weight is 582 g/mol. The molecule has 0 aliphatic carbocycles. The van der Waals surface area contributed by atoms with E-state index in [1.165, 1.54) is 24.3 Å². The van der Waals surface area contributed by atoms with Crippen LogP contribution in [0.25, 0.3) is 0 Å². The number of nitro groups is 2. The largest absolute Gasteiger partial charge is 0.269 e. The molecule has 0 fully saturated rings. The van der Waals surface area contributed by atoms with Gasteiger partial charge >= 0.3 is 0 Å². The molecule has 0 aliphatic heterocycles. The van der Waals surface area contributed by atoms with Crippen molar-refractivity contribution in [3.63, 3.8) is 0 Å². The second-order valence-corrected chi connectivity index (χ2v) is 9.59. The van der Waals surface area contributed by atoms with Gasteiger partial charge in [-0.15, -0.1) is 0 Å². The SMILES string of the molecule is O=[N+]([O-])c1ccc(C(c2ccc(Br)cc2)C(c2ccc(Br)cc2)c2ccc([N+](=O)[O-])cc2)cc1. The summed E-state index contributed by atoms with van der Waals surface area (Å²) < 4.78 is 1.88. The highest BCUT2D eigenvalue weighted by Gasteiger charge is 2.29. The van der Waals surface area contributed by atoms with Gasteiger partial charge in [-0.1, -0.05) is 80.4 Å². The van der Waals surface area contributed by atoms with E-state index in [2.05, 4.69) is 31.9 Å². The minimum absolute atomic E-state index is 0.0221. The van der Waals surface area contributed by atoms with Gasteiger partial charge < -0.3 is 0 Å². The van der Waals surface area contributed by atoms with Crippen LogP contribution in [-0.2, 0) is 0 Å². The van der Waals surface area contributed by atoms with Crippen molar-refractivity contribution in [3.05, 3.63) is 148 Å². The first kappa shape index (κ1) is 23.8. The zero-order valence-electron chi connectivity index (χ0n) is 17.7. The van der Waals surface area contributed by atoms with E-state index in [9.17, 15) is 20.2 Å². The van der Waals surface area contributed by atoms with Crippen LogP contribution in [0.1, 0.15) is 34.1 Å². The van der Waals surface area contributed by atoms with Crippen molar-refractivity contribution in [2.45, 2.75) is 11.8 Å². The van der Waals surface area contributed by atoms with Gasteiger partial charge in [-0.05, 0) is 46.5 Å². The fourth-order valence-corrected chi connectivity index (χ4v) is 4.63. The maximum absolute atomic E-state index is 11.2. The van der Waals surface area contributed by atoms with Gasteiger partial charge in [0.1, 0.15) is 0 Å². The molecular formula is C26H18Br2N2O4. The molecular weight excluding hydrogens is 564 g/mol. The quantitative estimate of drug-likeness (QED) is 0.163. The molecule has 0 radical (unpaired) electrons. The van der Waals surface area contributed by atoms with Crippen LogP contribution in [0.3, 0.4) is 0 Å². The lowest BCUT2D eigenvalue weighted by Gasteiger charge is -2.29. The third-order valence-corrected chi connectivity index (χ3v) is 6.77. The van der Waals surface area contributed by atoms with E-state index < -0.39 is 9.85 Å². The van der Waals surface area contributed by atoms with Gasteiger partial charge in [0.25, 0.3) is 11.4 Å². The summed E-state index contributed by atoms with van der Waals surface area (Å²) in [4.78, 5) is 21.6. The summed E-state index contributed by atoms with van der Waals surface area (Å²) in [5, 5.41) is 22.5. The molecule has 2 atom stereocenters. The molecule has 0 bridgehead atoms. The van der Waals surface area contributed by atoms with Crippen molar-refractivity contribution in [3.8, 4) is 0 Å². The predicted octanol–water partition coefficient (Wildman–Crippen LogP) is 7.99.